The highest BCUT2D eigenvalue weighted by atomic mass is 19.1. The van der Waals surface area contributed by atoms with E-state index in [0.29, 0.717) is 5.75 Å². The predicted molar refractivity (Wildman–Crippen MR) is 88.8 cm³/mol. The zero-order chi connectivity index (χ0) is 15.8. The zero-order valence-corrected chi connectivity index (χ0v) is 12.5. The fourth-order valence-corrected chi connectivity index (χ4v) is 1.92. The van der Waals surface area contributed by atoms with Crippen molar-refractivity contribution in [2.24, 2.45) is 0 Å². The Labute approximate surface area is 130 Å². The van der Waals surface area contributed by atoms with Crippen molar-refractivity contribution in [2.45, 2.75) is 6.10 Å². The third kappa shape index (κ3) is 4.60. The molecule has 4 heteroatoms. The van der Waals surface area contributed by atoms with Crippen LogP contribution in [0.2, 0.25) is 0 Å². The van der Waals surface area contributed by atoms with E-state index in [1.54, 1.807) is 12.1 Å². The van der Waals surface area contributed by atoms with Crippen molar-refractivity contribution in [3.8, 4) is 5.75 Å². The number of benzene rings is 2. The highest BCUT2D eigenvalue weighted by Gasteiger charge is 2.07. The van der Waals surface area contributed by atoms with Gasteiger partial charge in [0.1, 0.15) is 18.5 Å². The van der Waals surface area contributed by atoms with Crippen LogP contribution in [0.4, 0.5) is 10.1 Å². The van der Waals surface area contributed by atoms with Crippen molar-refractivity contribution in [3.63, 3.8) is 0 Å². The molecule has 0 heterocycles. The van der Waals surface area contributed by atoms with E-state index >= 15 is 0 Å². The second-order valence-electron chi connectivity index (χ2n) is 4.85. The van der Waals surface area contributed by atoms with E-state index < -0.39 is 12.8 Å². The Morgan fingerprint density at radius 1 is 1.05 bits per heavy atom. The van der Waals surface area contributed by atoms with Gasteiger partial charge in [0.05, 0.1) is 6.61 Å². The fourth-order valence-electron chi connectivity index (χ4n) is 1.92. The third-order valence-corrected chi connectivity index (χ3v) is 3.23. The van der Waals surface area contributed by atoms with E-state index in [1.807, 2.05) is 55.6 Å². The summed E-state index contributed by atoms with van der Waals surface area (Å²) in [5, 5.41) is 12.0. The van der Waals surface area contributed by atoms with Crippen molar-refractivity contribution < 1.29 is 14.2 Å². The van der Waals surface area contributed by atoms with Crippen LogP contribution in [0.1, 0.15) is 11.1 Å². The normalized spacial score (nSPS) is 12.3. The maximum atomic E-state index is 12.5. The molecular formula is C18H20FNO2. The van der Waals surface area contributed by atoms with Crippen LogP contribution in [0.5, 0.6) is 5.75 Å². The average molecular weight is 301 g/mol. The standard InChI is InChI=1S/C18H20FNO2/c1-20-16-8-4-14(5-9-16)2-3-15-6-10-17(11-7-15)22-18(12-19)13-21/h2-11,18,20-21H,12-13H2,1H3. The zero-order valence-electron chi connectivity index (χ0n) is 12.5. The molecule has 0 aliphatic heterocycles. The van der Waals surface area contributed by atoms with Crippen molar-refractivity contribution in [1.82, 2.24) is 0 Å². The molecule has 0 aromatic heterocycles. The number of halogens is 1. The van der Waals surface area contributed by atoms with Crippen LogP contribution in [0.25, 0.3) is 12.2 Å². The number of aliphatic hydroxyl groups is 1. The molecule has 2 aromatic carbocycles. The quantitative estimate of drug-likeness (QED) is 0.768. The lowest BCUT2D eigenvalue weighted by molar-refractivity contribution is 0.0931. The van der Waals surface area contributed by atoms with Crippen molar-refractivity contribution in [1.29, 1.82) is 0 Å². The first-order chi connectivity index (χ1) is 10.7. The summed E-state index contributed by atoms with van der Waals surface area (Å²) in [5.74, 6) is 0.548. The molecular weight excluding hydrogens is 281 g/mol. The Hall–Kier alpha value is -2.33. The Morgan fingerprint density at radius 2 is 1.59 bits per heavy atom. The summed E-state index contributed by atoms with van der Waals surface area (Å²) in [4.78, 5) is 0. The predicted octanol–water partition coefficient (Wildman–Crippen LogP) is 3.61. The van der Waals surface area contributed by atoms with Gasteiger partial charge in [-0.05, 0) is 35.4 Å². The van der Waals surface area contributed by atoms with Gasteiger partial charge in [0, 0.05) is 12.7 Å². The maximum absolute atomic E-state index is 12.5. The molecule has 0 aliphatic carbocycles. The number of rotatable bonds is 7. The molecule has 0 aliphatic rings. The summed E-state index contributed by atoms with van der Waals surface area (Å²) in [6.45, 7) is -1.04. The molecule has 2 N–H and O–H groups in total. The van der Waals surface area contributed by atoms with E-state index in [4.69, 9.17) is 9.84 Å². The molecule has 0 spiro atoms. The molecule has 0 saturated carbocycles. The van der Waals surface area contributed by atoms with Gasteiger partial charge < -0.3 is 15.2 Å². The molecule has 0 radical (unpaired) electrons. The Kier molecular flexibility index (Phi) is 5.98. The smallest absolute Gasteiger partial charge is 0.150 e. The topological polar surface area (TPSA) is 41.5 Å². The highest BCUT2D eigenvalue weighted by Crippen LogP contribution is 2.17. The first kappa shape index (κ1) is 16.0. The van der Waals surface area contributed by atoms with Gasteiger partial charge in [-0.15, -0.1) is 0 Å². The minimum Gasteiger partial charge on any atom is -0.485 e. The largest absolute Gasteiger partial charge is 0.485 e. The molecule has 0 saturated heterocycles. The van der Waals surface area contributed by atoms with Gasteiger partial charge in [-0.25, -0.2) is 4.39 Å². The number of ether oxygens (including phenoxy) is 1. The minimum absolute atomic E-state index is 0.333. The van der Waals surface area contributed by atoms with Gasteiger partial charge in [0.25, 0.3) is 0 Å². The highest BCUT2D eigenvalue weighted by molar-refractivity contribution is 5.70. The SMILES string of the molecule is CNc1ccc(C=Cc2ccc(OC(CO)CF)cc2)cc1. The van der Waals surface area contributed by atoms with Crippen molar-refractivity contribution >= 4 is 17.8 Å². The number of hydrogen-bond donors (Lipinski definition) is 2. The average Bonchev–Trinajstić information content (AvgIpc) is 2.59. The molecule has 22 heavy (non-hydrogen) atoms. The summed E-state index contributed by atoms with van der Waals surface area (Å²) in [6.07, 6.45) is 3.22. The van der Waals surface area contributed by atoms with E-state index in [0.717, 1.165) is 16.8 Å². The Morgan fingerprint density at radius 3 is 2.05 bits per heavy atom. The Bertz CT molecular complexity index is 589. The molecule has 1 unspecified atom stereocenters. The first-order valence-corrected chi connectivity index (χ1v) is 7.14. The van der Waals surface area contributed by atoms with Crippen LogP contribution in [-0.4, -0.2) is 31.5 Å². The number of alkyl halides is 1. The summed E-state index contributed by atoms with van der Waals surface area (Å²) >= 11 is 0. The van der Waals surface area contributed by atoms with Crippen molar-refractivity contribution in [2.75, 3.05) is 25.6 Å². The fraction of sp³-hybridized carbons (Fsp3) is 0.222. The third-order valence-electron chi connectivity index (χ3n) is 3.23. The van der Waals surface area contributed by atoms with Gasteiger partial charge in [-0.2, -0.15) is 0 Å². The molecule has 116 valence electrons. The second kappa shape index (κ2) is 8.20. The van der Waals surface area contributed by atoms with E-state index in [2.05, 4.69) is 5.32 Å². The van der Waals surface area contributed by atoms with Crippen LogP contribution in [0, 0.1) is 0 Å². The summed E-state index contributed by atoms with van der Waals surface area (Å²) in [5.41, 5.74) is 3.20. The lowest BCUT2D eigenvalue weighted by atomic mass is 10.1. The minimum atomic E-state index is -0.799. The van der Waals surface area contributed by atoms with Crippen LogP contribution < -0.4 is 10.1 Å². The second-order valence-corrected chi connectivity index (χ2v) is 4.85. The molecule has 2 rings (SSSR count). The summed E-state index contributed by atoms with van der Waals surface area (Å²) in [6, 6.07) is 15.4. The van der Waals surface area contributed by atoms with Gasteiger partial charge in [0.15, 0.2) is 0 Å². The monoisotopic (exact) mass is 301 g/mol. The van der Waals surface area contributed by atoms with Crippen LogP contribution in [-0.2, 0) is 0 Å². The van der Waals surface area contributed by atoms with Gasteiger partial charge in [0.2, 0.25) is 0 Å². The summed E-state index contributed by atoms with van der Waals surface area (Å²) in [7, 11) is 1.89. The molecule has 2 aromatic rings. The molecule has 0 amide bonds. The molecule has 0 fully saturated rings. The van der Waals surface area contributed by atoms with E-state index in [9.17, 15) is 4.39 Å². The van der Waals surface area contributed by atoms with E-state index in [-0.39, 0.29) is 6.61 Å². The van der Waals surface area contributed by atoms with Crippen molar-refractivity contribution in [3.05, 3.63) is 59.7 Å². The van der Waals surface area contributed by atoms with E-state index in [1.165, 1.54) is 0 Å². The number of aliphatic hydroxyl groups excluding tert-OH is 1. The first-order valence-electron chi connectivity index (χ1n) is 7.14. The maximum Gasteiger partial charge on any atom is 0.150 e. The van der Waals surface area contributed by atoms with Crippen LogP contribution >= 0.6 is 0 Å². The molecule has 1 atom stereocenters. The Balaban J connectivity index is 1.99. The lowest BCUT2D eigenvalue weighted by Crippen LogP contribution is -2.23. The lowest BCUT2D eigenvalue weighted by Gasteiger charge is -2.13. The molecule has 0 bridgehead atoms. The van der Waals surface area contributed by atoms with Crippen LogP contribution in [0.15, 0.2) is 48.5 Å². The van der Waals surface area contributed by atoms with Gasteiger partial charge >= 0.3 is 0 Å². The summed E-state index contributed by atoms with van der Waals surface area (Å²) < 4.78 is 17.8. The molecule has 3 nitrogen and oxygen atoms in total. The number of hydrogen-bond acceptors (Lipinski definition) is 3. The van der Waals surface area contributed by atoms with Gasteiger partial charge in [-0.1, -0.05) is 36.4 Å². The number of anilines is 1. The van der Waals surface area contributed by atoms with Gasteiger partial charge in [-0.3, -0.25) is 0 Å². The number of nitrogens with one attached hydrogen (secondary N) is 1. The van der Waals surface area contributed by atoms with Crippen LogP contribution in [0.3, 0.4) is 0 Å².